The summed E-state index contributed by atoms with van der Waals surface area (Å²) in [6, 6.07) is 9.23. The van der Waals surface area contributed by atoms with Crippen molar-refractivity contribution < 1.29 is 49.7 Å². The van der Waals surface area contributed by atoms with E-state index in [4.69, 9.17) is 18.9 Å². The molecule has 3 aromatic rings. The van der Waals surface area contributed by atoms with Gasteiger partial charge < -0.3 is 23.7 Å². The summed E-state index contributed by atoms with van der Waals surface area (Å²) in [5.41, 5.74) is 0.571. The molecule has 0 saturated heterocycles. The molecule has 0 aliphatic carbocycles. The third kappa shape index (κ3) is 6.59. The highest BCUT2D eigenvalue weighted by atomic mass is 32.2. The van der Waals surface area contributed by atoms with E-state index in [1.165, 1.54) is 33.5 Å². The molecule has 0 saturated carbocycles. The smallest absolute Gasteiger partial charge is 0.493 e. The average Bonchev–Trinajstić information content (AvgIpc) is 2.86. The average molecular weight is 558 g/mol. The summed E-state index contributed by atoms with van der Waals surface area (Å²) in [5, 5.41) is 0. The lowest BCUT2D eigenvalue weighted by Gasteiger charge is -2.16. The molecule has 0 amide bonds. The zero-order chi connectivity index (χ0) is 28.1. The topological polar surface area (TPSA) is 92.3 Å². The summed E-state index contributed by atoms with van der Waals surface area (Å²) >= 11 is 0. The van der Waals surface area contributed by atoms with Crippen molar-refractivity contribution in [2.75, 3.05) is 33.2 Å². The summed E-state index contributed by atoms with van der Waals surface area (Å²) < 4.78 is 105. The maximum atomic E-state index is 14.5. The molecule has 13 heteroatoms. The maximum absolute atomic E-state index is 14.5. The first-order valence-electron chi connectivity index (χ1n) is 10.7. The molecule has 0 heterocycles. The van der Waals surface area contributed by atoms with Gasteiger partial charge in [0.1, 0.15) is 11.4 Å². The lowest BCUT2D eigenvalue weighted by molar-refractivity contribution is -0.274. The number of sulfonamides is 1. The second-order valence-electron chi connectivity index (χ2n) is 7.46. The molecule has 0 unspecified atom stereocenters. The molecule has 0 aliphatic heterocycles. The van der Waals surface area contributed by atoms with Crippen LogP contribution in [-0.2, 0) is 10.0 Å². The monoisotopic (exact) mass is 557 g/mol. The summed E-state index contributed by atoms with van der Waals surface area (Å²) in [4.78, 5) is -0.391. The molecule has 0 aliphatic rings. The van der Waals surface area contributed by atoms with Crippen LogP contribution < -0.4 is 28.4 Å². The highest BCUT2D eigenvalue weighted by Crippen LogP contribution is 2.39. The number of alkyl halides is 3. The van der Waals surface area contributed by atoms with Gasteiger partial charge in [0, 0.05) is 5.56 Å². The fraction of sp³-hybridized carbons (Fsp3) is 0.200. The van der Waals surface area contributed by atoms with Gasteiger partial charge in [-0.2, -0.15) is 0 Å². The lowest BCUT2D eigenvalue weighted by atomic mass is 10.1. The number of methoxy groups -OCH3 is 4. The molecule has 3 aromatic carbocycles. The molecule has 38 heavy (non-hydrogen) atoms. The van der Waals surface area contributed by atoms with Crippen molar-refractivity contribution in [3.8, 4) is 28.7 Å². The Kier molecular flexibility index (Phi) is 8.61. The van der Waals surface area contributed by atoms with Gasteiger partial charge in [-0.25, -0.2) is 12.8 Å². The Morgan fingerprint density at radius 2 is 1.37 bits per heavy atom. The summed E-state index contributed by atoms with van der Waals surface area (Å²) in [6.45, 7) is 0. The molecule has 1 N–H and O–H groups in total. The van der Waals surface area contributed by atoms with E-state index in [0.717, 1.165) is 37.4 Å². The van der Waals surface area contributed by atoms with E-state index in [9.17, 15) is 26.0 Å². The Hall–Kier alpha value is -4.13. The molecule has 3 rings (SSSR count). The summed E-state index contributed by atoms with van der Waals surface area (Å²) in [7, 11) is 1.13. The van der Waals surface area contributed by atoms with Crippen molar-refractivity contribution in [3.63, 3.8) is 0 Å². The molecule has 0 bridgehead atoms. The van der Waals surface area contributed by atoms with Crippen molar-refractivity contribution in [1.29, 1.82) is 0 Å². The van der Waals surface area contributed by atoms with Crippen molar-refractivity contribution >= 4 is 27.9 Å². The van der Waals surface area contributed by atoms with Gasteiger partial charge >= 0.3 is 6.36 Å². The zero-order valence-electron chi connectivity index (χ0n) is 20.6. The first kappa shape index (κ1) is 28.4. The Labute approximate surface area is 216 Å². The molecule has 0 atom stereocenters. The van der Waals surface area contributed by atoms with Gasteiger partial charge in [-0.15, -0.1) is 13.2 Å². The third-order valence-electron chi connectivity index (χ3n) is 5.09. The minimum atomic E-state index is -4.94. The number of hydrogen-bond acceptors (Lipinski definition) is 7. The van der Waals surface area contributed by atoms with Gasteiger partial charge in [-0.3, -0.25) is 4.72 Å². The van der Waals surface area contributed by atoms with Crippen LogP contribution in [0.2, 0.25) is 0 Å². The molecular weight excluding hydrogens is 534 g/mol. The zero-order valence-corrected chi connectivity index (χ0v) is 21.4. The number of anilines is 1. The van der Waals surface area contributed by atoms with E-state index >= 15 is 0 Å². The van der Waals surface area contributed by atoms with Crippen molar-refractivity contribution in [2.24, 2.45) is 0 Å². The molecule has 0 spiro atoms. The van der Waals surface area contributed by atoms with Crippen molar-refractivity contribution in [3.05, 3.63) is 65.5 Å². The van der Waals surface area contributed by atoms with E-state index in [-0.39, 0.29) is 11.3 Å². The van der Waals surface area contributed by atoms with Crippen LogP contribution in [0.5, 0.6) is 28.7 Å². The quantitative estimate of drug-likeness (QED) is 0.251. The van der Waals surface area contributed by atoms with E-state index in [2.05, 4.69) is 9.46 Å². The minimum absolute atomic E-state index is 0.220. The molecule has 0 radical (unpaired) electrons. The van der Waals surface area contributed by atoms with Gasteiger partial charge in [-0.1, -0.05) is 12.2 Å². The van der Waals surface area contributed by atoms with E-state index in [1.807, 2.05) is 0 Å². The first-order valence-corrected chi connectivity index (χ1v) is 12.1. The van der Waals surface area contributed by atoms with E-state index < -0.39 is 38.6 Å². The summed E-state index contributed by atoms with van der Waals surface area (Å²) in [5.74, 6) is -0.713. The number of halogens is 4. The highest BCUT2D eigenvalue weighted by Gasteiger charge is 2.31. The second kappa shape index (κ2) is 11.5. The van der Waals surface area contributed by atoms with Gasteiger partial charge in [-0.05, 0) is 54.1 Å². The molecule has 204 valence electrons. The Bertz CT molecular complexity index is 1400. The van der Waals surface area contributed by atoms with Gasteiger partial charge in [0.15, 0.2) is 23.1 Å². The number of rotatable bonds is 10. The minimum Gasteiger partial charge on any atom is -0.493 e. The molecule has 0 fully saturated rings. The fourth-order valence-electron chi connectivity index (χ4n) is 3.41. The van der Waals surface area contributed by atoms with Gasteiger partial charge in [0.05, 0.1) is 33.3 Å². The van der Waals surface area contributed by atoms with Crippen LogP contribution in [0.1, 0.15) is 11.1 Å². The van der Waals surface area contributed by atoms with Crippen LogP contribution in [0.4, 0.5) is 23.2 Å². The molecule has 0 aromatic heterocycles. The molecule has 8 nitrogen and oxygen atoms in total. The fourth-order valence-corrected chi connectivity index (χ4v) is 4.51. The number of nitrogens with one attached hydrogen (secondary N) is 1. The lowest BCUT2D eigenvalue weighted by Crippen LogP contribution is -2.17. The van der Waals surface area contributed by atoms with E-state index in [0.29, 0.717) is 22.8 Å². The van der Waals surface area contributed by atoms with Crippen LogP contribution in [0.3, 0.4) is 0 Å². The van der Waals surface area contributed by atoms with Crippen LogP contribution in [-0.4, -0.2) is 43.2 Å². The SMILES string of the molecule is COc1cc(/C=C\c2ccc(F)c(OC)c2NS(=O)(=O)c2ccc(OC(F)(F)F)cc2)cc(OC)c1OC. The van der Waals surface area contributed by atoms with Gasteiger partial charge in [0.2, 0.25) is 5.75 Å². The van der Waals surface area contributed by atoms with Crippen LogP contribution in [0.25, 0.3) is 12.2 Å². The Balaban J connectivity index is 2.01. The van der Waals surface area contributed by atoms with Crippen molar-refractivity contribution in [1.82, 2.24) is 0 Å². The predicted molar refractivity (Wildman–Crippen MR) is 132 cm³/mol. The second-order valence-corrected chi connectivity index (χ2v) is 9.14. The van der Waals surface area contributed by atoms with Gasteiger partial charge in [0.25, 0.3) is 10.0 Å². The van der Waals surface area contributed by atoms with Crippen LogP contribution >= 0.6 is 0 Å². The first-order chi connectivity index (χ1) is 17.9. The Morgan fingerprint density at radius 3 is 1.87 bits per heavy atom. The number of hydrogen-bond donors (Lipinski definition) is 1. The van der Waals surface area contributed by atoms with E-state index in [1.54, 1.807) is 18.2 Å². The predicted octanol–water partition coefficient (Wildman–Crippen LogP) is 5.73. The highest BCUT2D eigenvalue weighted by molar-refractivity contribution is 7.92. The maximum Gasteiger partial charge on any atom is 0.573 e. The van der Waals surface area contributed by atoms with Crippen molar-refractivity contribution in [2.45, 2.75) is 11.3 Å². The number of benzene rings is 3. The standard InChI is InChI=1S/C25H23F4NO7S/c1-33-20-13-15(14-21(34-2)24(20)36-4)5-6-16-7-12-19(26)23(35-3)22(16)30-38(31,32)18-10-8-17(9-11-18)37-25(27,28)29/h5-14,30H,1-4H3/b6-5-. The number of ether oxygens (including phenoxy) is 5. The molecular formula is C25H23F4NO7S. The van der Waals surface area contributed by atoms with Crippen LogP contribution in [0, 0.1) is 5.82 Å². The van der Waals surface area contributed by atoms with Crippen LogP contribution in [0.15, 0.2) is 53.4 Å². The Morgan fingerprint density at radius 1 is 0.789 bits per heavy atom. The largest absolute Gasteiger partial charge is 0.573 e. The summed E-state index contributed by atoms with van der Waals surface area (Å²) in [6.07, 6.45) is -1.84. The normalized spacial score (nSPS) is 11.8. The third-order valence-corrected chi connectivity index (χ3v) is 6.46.